The second-order valence-corrected chi connectivity index (χ2v) is 5.62. The number of para-hydroxylation sites is 2. The first kappa shape index (κ1) is 12.5. The molecule has 17 heavy (non-hydrogen) atoms. The van der Waals surface area contributed by atoms with Gasteiger partial charge in [-0.3, -0.25) is 4.21 Å². The van der Waals surface area contributed by atoms with Crippen molar-refractivity contribution in [1.82, 2.24) is 15.3 Å². The number of hydrogen-bond acceptors (Lipinski definition) is 3. The van der Waals surface area contributed by atoms with Crippen LogP contribution in [0.15, 0.2) is 29.4 Å². The summed E-state index contributed by atoms with van der Waals surface area (Å²) in [5.74, 6) is 0. The van der Waals surface area contributed by atoms with Gasteiger partial charge in [0.2, 0.25) is 0 Å². The van der Waals surface area contributed by atoms with Gasteiger partial charge in [0.25, 0.3) is 0 Å². The van der Waals surface area contributed by atoms with E-state index < -0.39 is 10.8 Å². The second-order valence-electron chi connectivity index (χ2n) is 3.97. The molecule has 2 atom stereocenters. The average Bonchev–Trinajstić information content (AvgIpc) is 2.97. The maximum Gasteiger partial charge on any atom is 0.197 e. The molecule has 1 aliphatic heterocycles. The van der Waals surface area contributed by atoms with Gasteiger partial charge >= 0.3 is 0 Å². The van der Waals surface area contributed by atoms with Gasteiger partial charge in [0.1, 0.15) is 0 Å². The van der Waals surface area contributed by atoms with Crippen molar-refractivity contribution < 1.29 is 4.21 Å². The van der Waals surface area contributed by atoms with Gasteiger partial charge in [0.05, 0.1) is 27.1 Å². The fraction of sp³-hybridized carbons (Fsp3) is 0.364. The molecular formula is C11H14ClN3OS. The quantitative estimate of drug-likeness (QED) is 0.869. The first-order valence-corrected chi connectivity index (χ1v) is 6.62. The Balaban J connectivity index is 0.00000108. The Morgan fingerprint density at radius 1 is 1.35 bits per heavy atom. The van der Waals surface area contributed by atoms with Gasteiger partial charge < -0.3 is 10.3 Å². The number of nitrogens with one attached hydrogen (secondary N) is 2. The topological polar surface area (TPSA) is 57.8 Å². The molecule has 92 valence electrons. The molecule has 1 aromatic heterocycles. The van der Waals surface area contributed by atoms with Crippen LogP contribution in [0.1, 0.15) is 6.42 Å². The lowest BCUT2D eigenvalue weighted by Crippen LogP contribution is -2.19. The fourth-order valence-electron chi connectivity index (χ4n) is 1.99. The highest BCUT2D eigenvalue weighted by Crippen LogP contribution is 2.17. The summed E-state index contributed by atoms with van der Waals surface area (Å²) in [4.78, 5) is 7.51. The van der Waals surface area contributed by atoms with E-state index in [-0.39, 0.29) is 17.7 Å². The highest BCUT2D eigenvalue weighted by atomic mass is 35.5. The summed E-state index contributed by atoms with van der Waals surface area (Å²) in [6.07, 6.45) is 0.962. The largest absolute Gasteiger partial charge is 0.331 e. The number of hydrogen-bond donors (Lipinski definition) is 2. The van der Waals surface area contributed by atoms with Crippen molar-refractivity contribution in [3.8, 4) is 0 Å². The number of halogens is 1. The molecule has 1 unspecified atom stereocenters. The molecule has 4 nitrogen and oxygen atoms in total. The summed E-state index contributed by atoms with van der Waals surface area (Å²) in [5.41, 5.74) is 1.84. The molecule has 1 fully saturated rings. The summed E-state index contributed by atoms with van der Waals surface area (Å²) in [5, 5.41) is 4.02. The van der Waals surface area contributed by atoms with Crippen molar-refractivity contribution in [2.24, 2.45) is 0 Å². The molecule has 1 aromatic carbocycles. The third-order valence-corrected chi connectivity index (χ3v) is 4.46. The molecule has 0 amide bonds. The Morgan fingerprint density at radius 3 is 2.88 bits per heavy atom. The maximum atomic E-state index is 12.2. The van der Waals surface area contributed by atoms with Gasteiger partial charge in [0, 0.05) is 6.54 Å². The number of rotatable bonds is 2. The molecule has 1 aliphatic rings. The van der Waals surface area contributed by atoms with Crippen molar-refractivity contribution in [3.05, 3.63) is 24.3 Å². The zero-order valence-corrected chi connectivity index (χ0v) is 10.8. The molecule has 2 heterocycles. The van der Waals surface area contributed by atoms with Gasteiger partial charge in [-0.05, 0) is 25.1 Å². The van der Waals surface area contributed by atoms with Crippen molar-refractivity contribution in [1.29, 1.82) is 0 Å². The molecule has 0 radical (unpaired) electrons. The zero-order valence-electron chi connectivity index (χ0n) is 9.18. The highest BCUT2D eigenvalue weighted by molar-refractivity contribution is 7.85. The van der Waals surface area contributed by atoms with E-state index in [0.29, 0.717) is 5.16 Å². The van der Waals surface area contributed by atoms with E-state index in [0.717, 1.165) is 30.5 Å². The van der Waals surface area contributed by atoms with Crippen molar-refractivity contribution in [3.63, 3.8) is 0 Å². The molecule has 3 rings (SSSR count). The number of aromatic nitrogens is 2. The van der Waals surface area contributed by atoms with E-state index in [2.05, 4.69) is 15.3 Å². The summed E-state index contributed by atoms with van der Waals surface area (Å²) >= 11 is 0. The molecule has 2 N–H and O–H groups in total. The molecule has 0 bridgehead atoms. The molecule has 0 aliphatic carbocycles. The Labute approximate surface area is 108 Å². The van der Waals surface area contributed by atoms with E-state index in [4.69, 9.17) is 0 Å². The Bertz CT molecular complexity index is 503. The predicted octanol–water partition coefficient (Wildman–Crippen LogP) is 1.45. The van der Waals surface area contributed by atoms with Gasteiger partial charge in [-0.2, -0.15) is 0 Å². The lowest BCUT2D eigenvalue weighted by Gasteiger charge is -2.04. The lowest BCUT2D eigenvalue weighted by atomic mass is 10.3. The van der Waals surface area contributed by atoms with Crippen molar-refractivity contribution in [2.45, 2.75) is 16.8 Å². The summed E-state index contributed by atoms with van der Waals surface area (Å²) in [7, 11) is -1.02. The SMILES string of the molecule is Cl.O=S(c1nc2ccccc2[nH]1)[C@@H]1CCNC1. The number of benzene rings is 1. The average molecular weight is 272 g/mol. The minimum absolute atomic E-state index is 0. The number of aromatic amines is 1. The molecule has 0 saturated carbocycles. The van der Waals surface area contributed by atoms with Crippen LogP contribution in [0.2, 0.25) is 0 Å². The number of nitrogens with zero attached hydrogens (tertiary/aromatic N) is 1. The Morgan fingerprint density at radius 2 is 2.18 bits per heavy atom. The summed E-state index contributed by atoms with van der Waals surface area (Å²) < 4.78 is 12.2. The van der Waals surface area contributed by atoms with Crippen LogP contribution in [0.3, 0.4) is 0 Å². The number of H-pyrrole nitrogens is 1. The standard InChI is InChI=1S/C11H13N3OS.ClH/c15-16(8-5-6-12-7-8)11-13-9-3-1-2-4-10(9)14-11;/h1-4,8,12H,5-7H2,(H,13,14);1H/t8-,16?;/m1./s1. The molecule has 1 saturated heterocycles. The first-order chi connectivity index (χ1) is 7.84. The van der Waals surface area contributed by atoms with Gasteiger partial charge in [-0.15, -0.1) is 12.4 Å². The van der Waals surface area contributed by atoms with Crippen LogP contribution in [0.25, 0.3) is 11.0 Å². The summed E-state index contributed by atoms with van der Waals surface area (Å²) in [6, 6.07) is 7.77. The van der Waals surface area contributed by atoms with E-state index in [1.54, 1.807) is 0 Å². The van der Waals surface area contributed by atoms with Crippen LogP contribution < -0.4 is 5.32 Å². The van der Waals surface area contributed by atoms with Crippen LogP contribution in [0.4, 0.5) is 0 Å². The Kier molecular flexibility index (Phi) is 3.81. The first-order valence-electron chi connectivity index (χ1n) is 5.40. The Hall–Kier alpha value is -0.910. The third-order valence-electron chi connectivity index (χ3n) is 2.88. The highest BCUT2D eigenvalue weighted by Gasteiger charge is 2.24. The second kappa shape index (κ2) is 5.16. The molecule has 2 aromatic rings. The normalized spacial score (nSPS) is 21.3. The maximum absolute atomic E-state index is 12.2. The minimum Gasteiger partial charge on any atom is -0.331 e. The number of fused-ring (bicyclic) bond motifs is 1. The van der Waals surface area contributed by atoms with Crippen LogP contribution >= 0.6 is 12.4 Å². The smallest absolute Gasteiger partial charge is 0.197 e. The monoisotopic (exact) mass is 271 g/mol. The van der Waals surface area contributed by atoms with Crippen LogP contribution in [-0.2, 0) is 10.8 Å². The predicted molar refractivity (Wildman–Crippen MR) is 71.0 cm³/mol. The lowest BCUT2D eigenvalue weighted by molar-refractivity contribution is 0.666. The van der Waals surface area contributed by atoms with E-state index in [1.165, 1.54) is 0 Å². The van der Waals surface area contributed by atoms with E-state index in [1.807, 2.05) is 24.3 Å². The van der Waals surface area contributed by atoms with Crippen LogP contribution in [-0.4, -0.2) is 32.5 Å². The van der Waals surface area contributed by atoms with E-state index in [9.17, 15) is 4.21 Å². The van der Waals surface area contributed by atoms with E-state index >= 15 is 0 Å². The molecular weight excluding hydrogens is 258 g/mol. The van der Waals surface area contributed by atoms with Gasteiger partial charge in [0.15, 0.2) is 5.16 Å². The molecule has 6 heteroatoms. The van der Waals surface area contributed by atoms with Crippen molar-refractivity contribution >= 4 is 34.2 Å². The van der Waals surface area contributed by atoms with Crippen LogP contribution in [0, 0.1) is 0 Å². The molecule has 0 spiro atoms. The van der Waals surface area contributed by atoms with Crippen LogP contribution in [0.5, 0.6) is 0 Å². The fourth-order valence-corrected chi connectivity index (χ4v) is 3.31. The summed E-state index contributed by atoms with van der Waals surface area (Å²) in [6.45, 7) is 1.78. The number of imidazole rings is 1. The van der Waals surface area contributed by atoms with Gasteiger partial charge in [-0.1, -0.05) is 12.1 Å². The van der Waals surface area contributed by atoms with Gasteiger partial charge in [-0.25, -0.2) is 4.98 Å². The minimum atomic E-state index is -1.02. The van der Waals surface area contributed by atoms with Crippen molar-refractivity contribution in [2.75, 3.05) is 13.1 Å². The third kappa shape index (κ3) is 2.36. The zero-order chi connectivity index (χ0) is 11.0.